The number of hydrogen-bond acceptors (Lipinski definition) is 19. The van der Waals surface area contributed by atoms with Crippen LogP contribution in [0.15, 0.2) is 105 Å². The summed E-state index contributed by atoms with van der Waals surface area (Å²) in [4.78, 5) is 79.5. The number of phenols is 2. The van der Waals surface area contributed by atoms with Crippen LogP contribution in [0, 0.1) is 0 Å². The number of aliphatic hydroxyl groups is 1. The van der Waals surface area contributed by atoms with E-state index in [1.54, 1.807) is 70.7 Å². The van der Waals surface area contributed by atoms with Crippen LogP contribution in [0.2, 0.25) is 0 Å². The number of benzene rings is 4. The van der Waals surface area contributed by atoms with Crippen molar-refractivity contribution in [2.45, 2.75) is 38.3 Å². The summed E-state index contributed by atoms with van der Waals surface area (Å²) < 4.78 is 9.03. The van der Waals surface area contributed by atoms with Crippen LogP contribution in [0.4, 0.5) is 23.5 Å². The number of piperazine rings is 2. The van der Waals surface area contributed by atoms with E-state index in [0.717, 1.165) is 5.56 Å². The molecule has 0 radical (unpaired) electrons. The molecule has 9 N–H and O–H groups in total. The summed E-state index contributed by atoms with van der Waals surface area (Å²) >= 11 is 0. The van der Waals surface area contributed by atoms with Crippen LogP contribution in [-0.4, -0.2) is 164 Å². The Morgan fingerprint density at radius 1 is 0.744 bits per heavy atom. The number of carboxylic acid groups (broad SMARTS) is 1. The highest BCUT2D eigenvalue weighted by atomic mass is 16.4. The number of aromatic nitrogens is 9. The molecule has 3 aromatic carbocycles. The van der Waals surface area contributed by atoms with Crippen molar-refractivity contribution in [3.05, 3.63) is 124 Å². The van der Waals surface area contributed by atoms with E-state index >= 15 is 0 Å². The van der Waals surface area contributed by atoms with Gasteiger partial charge in [-0.3, -0.25) is 19.4 Å². The van der Waals surface area contributed by atoms with Crippen molar-refractivity contribution < 1.29 is 39.2 Å². The number of fused-ring (bicyclic) bond motifs is 2. The van der Waals surface area contributed by atoms with Gasteiger partial charge in [-0.1, -0.05) is 28.6 Å². The molecule has 1 aliphatic carbocycles. The van der Waals surface area contributed by atoms with E-state index in [4.69, 9.17) is 30.8 Å². The fourth-order valence-electron chi connectivity index (χ4n) is 9.56. The largest absolute Gasteiger partial charge is 0.508 e. The lowest BCUT2D eigenvalue weighted by Crippen LogP contribution is -2.52. The Bertz CT molecular complexity index is 3540. The molecular weight excluding hydrogens is 1010 g/mol. The van der Waals surface area contributed by atoms with Gasteiger partial charge in [-0.05, 0) is 72.5 Å². The molecule has 6 heterocycles. The summed E-state index contributed by atoms with van der Waals surface area (Å²) in [6.45, 7) is 2.95. The van der Waals surface area contributed by atoms with E-state index in [1.165, 1.54) is 39.7 Å². The van der Waals surface area contributed by atoms with E-state index in [9.17, 15) is 39.6 Å². The summed E-state index contributed by atoms with van der Waals surface area (Å²) in [5.74, 6) is -0.639. The summed E-state index contributed by atoms with van der Waals surface area (Å²) in [7, 11) is 0. The SMILES string of the molecule is NC(N)=NCCCc1cn(CC(=O)N2CCN(c3nc(Nc4ccc(-c5c6ccc(=O)cc-6oc6cc(O)ccc56)c(C(=O)O)c4)nc(N4CCN(C(=O)[C@H](Cc5ccc(O)cc5)n5cc(CCO)nn5)CC4)n3)CC2)nn1. The average Bonchev–Trinajstić information content (AvgIpc) is 4.20. The molecule has 0 unspecified atom stereocenters. The molecule has 3 aromatic heterocycles. The Morgan fingerprint density at radius 3 is 2.13 bits per heavy atom. The zero-order valence-corrected chi connectivity index (χ0v) is 42.1. The molecule has 2 saturated heterocycles. The highest BCUT2D eigenvalue weighted by Gasteiger charge is 2.32. The number of nitrogens with one attached hydrogen (secondary N) is 1. The Balaban J connectivity index is 0.910. The zero-order valence-electron chi connectivity index (χ0n) is 42.1. The van der Waals surface area contributed by atoms with Gasteiger partial charge in [0, 0.05) is 125 Å². The van der Waals surface area contributed by atoms with Crippen molar-refractivity contribution in [3.63, 3.8) is 0 Å². The molecule has 402 valence electrons. The van der Waals surface area contributed by atoms with Crippen LogP contribution in [0.25, 0.3) is 33.4 Å². The second-order valence-corrected chi connectivity index (χ2v) is 18.8. The van der Waals surface area contributed by atoms with Crippen LogP contribution < -0.4 is 32.0 Å². The topological polar surface area (TPSA) is 352 Å². The maximum atomic E-state index is 14.4. The van der Waals surface area contributed by atoms with Crippen LogP contribution in [-0.2, 0) is 35.4 Å². The average molecular weight is 1060 g/mol. The molecule has 1 atom stereocenters. The first-order chi connectivity index (χ1) is 37.7. The number of carboxylic acids is 1. The van der Waals surface area contributed by atoms with Crippen LogP contribution >= 0.6 is 0 Å². The first-order valence-electron chi connectivity index (χ1n) is 25.2. The molecule has 2 fully saturated rings. The van der Waals surface area contributed by atoms with Gasteiger partial charge < -0.3 is 61.2 Å². The third kappa shape index (κ3) is 11.7. The lowest BCUT2D eigenvalue weighted by atomic mass is 9.90. The third-order valence-corrected chi connectivity index (χ3v) is 13.5. The second-order valence-electron chi connectivity index (χ2n) is 18.8. The number of nitrogens with zero attached hydrogens (tertiary/aromatic N) is 14. The molecule has 10 rings (SSSR count). The summed E-state index contributed by atoms with van der Waals surface area (Å²) in [6, 6.07) is 19.4. The number of aliphatic hydroxyl groups excluding tert-OH is 1. The van der Waals surface area contributed by atoms with Crippen LogP contribution in [0.5, 0.6) is 11.5 Å². The van der Waals surface area contributed by atoms with E-state index in [0.29, 0.717) is 110 Å². The monoisotopic (exact) mass is 1060 g/mol. The summed E-state index contributed by atoms with van der Waals surface area (Å²) in [5.41, 5.74) is 14.4. The highest BCUT2D eigenvalue weighted by molar-refractivity contribution is 6.08. The number of guanidine groups is 1. The molecule has 3 aliphatic heterocycles. The van der Waals surface area contributed by atoms with E-state index < -0.39 is 12.0 Å². The van der Waals surface area contributed by atoms with Crippen molar-refractivity contribution in [2.24, 2.45) is 16.5 Å². The molecule has 78 heavy (non-hydrogen) atoms. The first kappa shape index (κ1) is 51.8. The smallest absolute Gasteiger partial charge is 0.336 e. The standard InChI is InChI=1S/C52H55N17O9/c53-49(54)55-14-1-2-33-28-68(62-60-33)30-45(74)64-15-19-66(20-16-64)51-57-50(56-32-5-10-38(41(25-32)48(76)77)46-39-11-8-36(72)26-43(39)78-44-27-37(73)9-12-40(44)46)58-52(59-51)67-21-17-65(18-22-67)47(75)42(24-31-3-6-35(71)7-4-31)69-29-34(13-23-70)61-63-69/h3-12,25-29,42,70-72H,1-2,13-24,30H2,(H,76,77)(H4,53,54,55)(H,56,57,58,59)/t42-/m0/s1. The molecule has 6 aromatic rings. The van der Waals surface area contributed by atoms with E-state index in [-0.39, 0.29) is 96.6 Å². The molecule has 2 amide bonds. The number of rotatable bonds is 18. The molecular formula is C52H55N17O9. The van der Waals surface area contributed by atoms with Gasteiger partial charge in [0.05, 0.1) is 17.0 Å². The molecule has 0 spiro atoms. The van der Waals surface area contributed by atoms with Gasteiger partial charge in [0.2, 0.25) is 29.7 Å². The Hall–Kier alpha value is -9.72. The lowest BCUT2D eigenvalue weighted by Gasteiger charge is -2.37. The number of anilines is 4. The maximum Gasteiger partial charge on any atom is 0.336 e. The Kier molecular flexibility index (Phi) is 15.0. The van der Waals surface area contributed by atoms with Gasteiger partial charge in [-0.2, -0.15) is 15.0 Å². The lowest BCUT2D eigenvalue weighted by molar-refractivity contribution is -0.135. The van der Waals surface area contributed by atoms with Crippen LogP contribution in [0.1, 0.15) is 39.8 Å². The predicted molar refractivity (Wildman–Crippen MR) is 285 cm³/mol. The van der Waals surface area contributed by atoms with E-state index in [1.807, 2.05) is 9.80 Å². The predicted octanol–water partition coefficient (Wildman–Crippen LogP) is 2.01. The number of hydrogen-bond donors (Lipinski definition) is 7. The second kappa shape index (κ2) is 22.6. The zero-order chi connectivity index (χ0) is 54.5. The number of aromatic carboxylic acids is 1. The van der Waals surface area contributed by atoms with Crippen LogP contribution in [0.3, 0.4) is 0 Å². The minimum atomic E-state index is -1.24. The van der Waals surface area contributed by atoms with Crippen molar-refractivity contribution in [2.75, 3.05) is 80.6 Å². The minimum Gasteiger partial charge on any atom is -0.508 e. The summed E-state index contributed by atoms with van der Waals surface area (Å²) in [5, 5.41) is 61.0. The molecule has 26 nitrogen and oxygen atoms in total. The van der Waals surface area contributed by atoms with Crippen molar-refractivity contribution >= 4 is 58.2 Å². The van der Waals surface area contributed by atoms with Crippen molar-refractivity contribution in [1.29, 1.82) is 0 Å². The van der Waals surface area contributed by atoms with Gasteiger partial charge in [0.25, 0.3) is 0 Å². The molecule has 0 bridgehead atoms. The van der Waals surface area contributed by atoms with Gasteiger partial charge in [-0.25, -0.2) is 14.2 Å². The molecule has 26 heteroatoms. The number of aryl methyl sites for hydroxylation is 1. The van der Waals surface area contributed by atoms with E-state index in [2.05, 4.69) is 30.9 Å². The maximum absolute atomic E-state index is 14.4. The highest BCUT2D eigenvalue weighted by Crippen LogP contribution is 2.42. The fraction of sp³-hybridized carbons (Fsp3) is 0.308. The molecule has 4 aliphatic rings. The number of aromatic hydroxyl groups is 2. The van der Waals surface area contributed by atoms with Crippen molar-refractivity contribution in [3.8, 4) is 33.9 Å². The van der Waals surface area contributed by atoms with Crippen molar-refractivity contribution in [1.82, 2.24) is 54.7 Å². The molecule has 0 saturated carbocycles. The number of aliphatic imine (C=N–C) groups is 1. The minimum absolute atomic E-state index is 0.00562. The summed E-state index contributed by atoms with van der Waals surface area (Å²) in [6.07, 6.45) is 5.18. The number of carbonyl (C=O) groups excluding carboxylic acids is 2. The van der Waals surface area contributed by atoms with Gasteiger partial charge in [0.1, 0.15) is 35.4 Å². The van der Waals surface area contributed by atoms with Gasteiger partial charge >= 0.3 is 5.97 Å². The fourth-order valence-corrected chi connectivity index (χ4v) is 9.56. The normalized spacial score (nSPS) is 14.2. The van der Waals surface area contributed by atoms with Gasteiger partial charge in [-0.15, -0.1) is 10.2 Å². The number of nitrogens with two attached hydrogens (primary N) is 2. The first-order valence-corrected chi connectivity index (χ1v) is 25.2. The third-order valence-electron chi connectivity index (χ3n) is 13.5. The number of carbonyl (C=O) groups is 3. The quantitative estimate of drug-likeness (QED) is 0.0280. The Labute approximate surface area is 444 Å². The number of amides is 2. The number of phenolic OH excluding ortho intramolecular Hbond substituents is 2. The Morgan fingerprint density at radius 2 is 1.42 bits per heavy atom. The van der Waals surface area contributed by atoms with Gasteiger partial charge in [0.15, 0.2) is 11.4 Å².